The number of carbonyl (C=O) groups is 1. The minimum Gasteiger partial charge on any atom is -0.497 e. The lowest BCUT2D eigenvalue weighted by molar-refractivity contribution is -0.115. The molecule has 29 heavy (non-hydrogen) atoms. The van der Waals surface area contributed by atoms with E-state index < -0.39 is 0 Å². The van der Waals surface area contributed by atoms with Gasteiger partial charge in [-0.25, -0.2) is 0 Å². The van der Waals surface area contributed by atoms with Gasteiger partial charge in [0.15, 0.2) is 0 Å². The van der Waals surface area contributed by atoms with Crippen molar-refractivity contribution in [2.75, 3.05) is 24.9 Å². The normalized spacial score (nSPS) is 16.0. The molecule has 0 spiro atoms. The molecule has 6 heteroatoms. The summed E-state index contributed by atoms with van der Waals surface area (Å²) in [6, 6.07) is 22.8. The smallest absolute Gasteiger partial charge is 0.238 e. The Hall–Kier alpha value is -3.12. The van der Waals surface area contributed by atoms with Crippen LogP contribution >= 0.6 is 11.8 Å². The molecule has 4 rings (SSSR count). The van der Waals surface area contributed by atoms with Crippen LogP contribution in [0.5, 0.6) is 23.0 Å². The SMILES string of the molecule is COc1ccc(OC)c(C2SCC(=O)N2c2ccc(Oc3ccccc3)cc2)c1. The highest BCUT2D eigenvalue weighted by atomic mass is 32.2. The molecule has 0 N–H and O–H groups in total. The third-order valence-corrected chi connectivity index (χ3v) is 5.86. The molecule has 0 aliphatic carbocycles. The van der Waals surface area contributed by atoms with E-state index in [0.717, 1.165) is 34.2 Å². The molecule has 1 unspecified atom stereocenters. The molecule has 0 bridgehead atoms. The highest BCUT2D eigenvalue weighted by Gasteiger charge is 2.36. The van der Waals surface area contributed by atoms with Gasteiger partial charge >= 0.3 is 0 Å². The van der Waals surface area contributed by atoms with Crippen LogP contribution in [-0.4, -0.2) is 25.9 Å². The molecule has 3 aromatic carbocycles. The van der Waals surface area contributed by atoms with Crippen LogP contribution in [0, 0.1) is 0 Å². The quantitative estimate of drug-likeness (QED) is 0.557. The second kappa shape index (κ2) is 8.49. The molecular weight excluding hydrogens is 386 g/mol. The number of thioether (sulfide) groups is 1. The molecule has 1 aliphatic heterocycles. The standard InChI is InChI=1S/C23H21NO4S/c1-26-19-12-13-21(27-2)20(14-19)23-24(22(25)15-29-23)16-8-10-18(11-9-16)28-17-6-4-3-5-7-17/h3-14,23H,15H2,1-2H3. The van der Waals surface area contributed by atoms with Gasteiger partial charge in [0.05, 0.1) is 20.0 Å². The molecule has 1 saturated heterocycles. The topological polar surface area (TPSA) is 48.0 Å². The highest BCUT2D eigenvalue weighted by Crippen LogP contribution is 2.46. The van der Waals surface area contributed by atoms with Gasteiger partial charge in [-0.1, -0.05) is 18.2 Å². The van der Waals surface area contributed by atoms with Gasteiger partial charge in [0, 0.05) is 11.3 Å². The Kier molecular flexibility index (Phi) is 5.62. The fourth-order valence-electron chi connectivity index (χ4n) is 3.27. The van der Waals surface area contributed by atoms with E-state index >= 15 is 0 Å². The maximum Gasteiger partial charge on any atom is 0.238 e. The average Bonchev–Trinajstić information content (AvgIpc) is 3.15. The Balaban J connectivity index is 1.62. The number of rotatable bonds is 6. The Morgan fingerprint density at radius 3 is 2.24 bits per heavy atom. The summed E-state index contributed by atoms with van der Waals surface area (Å²) in [4.78, 5) is 14.5. The first-order valence-electron chi connectivity index (χ1n) is 9.18. The largest absolute Gasteiger partial charge is 0.497 e. The van der Waals surface area contributed by atoms with Crippen molar-refractivity contribution in [1.82, 2.24) is 0 Å². The predicted octanol–water partition coefficient (Wildman–Crippen LogP) is 5.27. The van der Waals surface area contributed by atoms with Gasteiger partial charge in [-0.05, 0) is 54.6 Å². The zero-order chi connectivity index (χ0) is 20.2. The van der Waals surface area contributed by atoms with Crippen LogP contribution in [0.25, 0.3) is 0 Å². The van der Waals surface area contributed by atoms with Gasteiger partial charge in [0.1, 0.15) is 28.4 Å². The first kappa shape index (κ1) is 19.2. The summed E-state index contributed by atoms with van der Waals surface area (Å²) < 4.78 is 16.8. The van der Waals surface area contributed by atoms with E-state index in [1.54, 1.807) is 30.9 Å². The minimum atomic E-state index is -0.187. The van der Waals surface area contributed by atoms with Gasteiger partial charge in [-0.15, -0.1) is 11.8 Å². The van der Waals surface area contributed by atoms with Crippen molar-refractivity contribution in [3.8, 4) is 23.0 Å². The number of amides is 1. The van der Waals surface area contributed by atoms with Crippen LogP contribution in [0.1, 0.15) is 10.9 Å². The van der Waals surface area contributed by atoms with Crippen LogP contribution in [0.4, 0.5) is 5.69 Å². The maximum atomic E-state index is 12.7. The van der Waals surface area contributed by atoms with Gasteiger partial charge in [-0.3, -0.25) is 9.69 Å². The summed E-state index contributed by atoms with van der Waals surface area (Å²) >= 11 is 1.57. The number of carbonyl (C=O) groups excluding carboxylic acids is 1. The molecular formula is C23H21NO4S. The number of nitrogens with zero attached hydrogens (tertiary/aromatic N) is 1. The van der Waals surface area contributed by atoms with Gasteiger partial charge in [-0.2, -0.15) is 0 Å². The number of para-hydroxylation sites is 1. The molecule has 1 fully saturated rings. The van der Waals surface area contributed by atoms with E-state index in [9.17, 15) is 4.79 Å². The van der Waals surface area contributed by atoms with Crippen molar-refractivity contribution in [2.45, 2.75) is 5.37 Å². The van der Waals surface area contributed by atoms with E-state index in [-0.39, 0.29) is 11.3 Å². The lowest BCUT2D eigenvalue weighted by atomic mass is 10.1. The summed E-state index contributed by atoms with van der Waals surface area (Å²) in [7, 11) is 3.26. The van der Waals surface area contributed by atoms with E-state index in [0.29, 0.717) is 5.75 Å². The second-order valence-corrected chi connectivity index (χ2v) is 7.51. The van der Waals surface area contributed by atoms with E-state index in [4.69, 9.17) is 14.2 Å². The fourth-order valence-corrected chi connectivity index (χ4v) is 4.46. The van der Waals surface area contributed by atoms with Crippen molar-refractivity contribution in [3.05, 3.63) is 78.4 Å². The number of anilines is 1. The number of hydrogen-bond donors (Lipinski definition) is 0. The van der Waals surface area contributed by atoms with Crippen LogP contribution in [-0.2, 0) is 4.79 Å². The molecule has 1 heterocycles. The Labute approximate surface area is 174 Å². The summed E-state index contributed by atoms with van der Waals surface area (Å²) in [6.45, 7) is 0. The van der Waals surface area contributed by atoms with Gasteiger partial charge < -0.3 is 14.2 Å². The second-order valence-electron chi connectivity index (χ2n) is 6.44. The molecule has 1 amide bonds. The Bertz CT molecular complexity index is 992. The number of ether oxygens (including phenoxy) is 3. The predicted molar refractivity (Wildman–Crippen MR) is 115 cm³/mol. The van der Waals surface area contributed by atoms with Crippen LogP contribution in [0.15, 0.2) is 72.8 Å². The summed E-state index contributed by atoms with van der Waals surface area (Å²) in [6.07, 6.45) is 0. The zero-order valence-corrected chi connectivity index (χ0v) is 17.0. The van der Waals surface area contributed by atoms with Crippen molar-refractivity contribution in [1.29, 1.82) is 0 Å². The lowest BCUT2D eigenvalue weighted by Crippen LogP contribution is -2.28. The molecule has 5 nitrogen and oxygen atoms in total. The van der Waals surface area contributed by atoms with Crippen LogP contribution in [0.2, 0.25) is 0 Å². The number of hydrogen-bond acceptors (Lipinski definition) is 5. The van der Waals surface area contributed by atoms with Crippen molar-refractivity contribution in [2.24, 2.45) is 0 Å². The Morgan fingerprint density at radius 1 is 0.862 bits per heavy atom. The van der Waals surface area contributed by atoms with Gasteiger partial charge in [0.2, 0.25) is 5.91 Å². The average molecular weight is 407 g/mol. The van der Waals surface area contributed by atoms with Crippen molar-refractivity contribution < 1.29 is 19.0 Å². The third-order valence-electron chi connectivity index (χ3n) is 4.66. The lowest BCUT2D eigenvalue weighted by Gasteiger charge is -2.26. The molecule has 0 radical (unpaired) electrons. The van der Waals surface area contributed by atoms with Crippen molar-refractivity contribution >= 4 is 23.4 Å². The summed E-state index contributed by atoms with van der Waals surface area (Å²) in [5, 5.41) is -0.187. The first-order chi connectivity index (χ1) is 14.2. The van der Waals surface area contributed by atoms with Crippen LogP contribution < -0.4 is 19.1 Å². The fraction of sp³-hybridized carbons (Fsp3) is 0.174. The first-order valence-corrected chi connectivity index (χ1v) is 10.2. The Morgan fingerprint density at radius 2 is 1.55 bits per heavy atom. The number of methoxy groups -OCH3 is 2. The molecule has 1 atom stereocenters. The molecule has 0 aromatic heterocycles. The van der Waals surface area contributed by atoms with Crippen LogP contribution in [0.3, 0.4) is 0 Å². The maximum absolute atomic E-state index is 12.7. The minimum absolute atomic E-state index is 0.0570. The van der Waals surface area contributed by atoms with E-state index in [1.165, 1.54) is 0 Å². The van der Waals surface area contributed by atoms with E-state index in [2.05, 4.69) is 0 Å². The summed E-state index contributed by atoms with van der Waals surface area (Å²) in [5.74, 6) is 3.41. The highest BCUT2D eigenvalue weighted by molar-refractivity contribution is 8.00. The van der Waals surface area contributed by atoms with Gasteiger partial charge in [0.25, 0.3) is 0 Å². The third kappa shape index (κ3) is 4.03. The molecule has 148 valence electrons. The van der Waals surface area contributed by atoms with Crippen molar-refractivity contribution in [3.63, 3.8) is 0 Å². The number of benzene rings is 3. The zero-order valence-electron chi connectivity index (χ0n) is 16.2. The monoisotopic (exact) mass is 407 g/mol. The molecule has 3 aromatic rings. The molecule has 0 saturated carbocycles. The molecule has 1 aliphatic rings. The summed E-state index contributed by atoms with van der Waals surface area (Å²) in [5.41, 5.74) is 1.72. The van der Waals surface area contributed by atoms with E-state index in [1.807, 2.05) is 72.8 Å².